The summed E-state index contributed by atoms with van der Waals surface area (Å²) in [5, 5.41) is 6.70. The topological polar surface area (TPSA) is 111 Å². The van der Waals surface area contributed by atoms with Gasteiger partial charge in [0, 0.05) is 0 Å². The van der Waals surface area contributed by atoms with Gasteiger partial charge in [-0.2, -0.15) is 4.98 Å². The summed E-state index contributed by atoms with van der Waals surface area (Å²) < 4.78 is 0. The first-order chi connectivity index (χ1) is 5.27. The minimum absolute atomic E-state index is 0.0183. The van der Waals surface area contributed by atoms with Gasteiger partial charge in [-0.15, -0.1) is 10.5 Å². The average molecular weight is 151 g/mol. The highest BCUT2D eigenvalue weighted by Crippen LogP contribution is 2.22. The fourth-order valence-electron chi connectivity index (χ4n) is 0.741. The molecule has 7 heteroatoms. The molecule has 2 heterocycles. The Bertz CT molecular complexity index is 379. The molecule has 3 N–H and O–H groups in total. The Morgan fingerprint density at radius 3 is 3.09 bits per heavy atom. The van der Waals surface area contributed by atoms with E-state index in [2.05, 4.69) is 25.7 Å². The van der Waals surface area contributed by atoms with Gasteiger partial charge < -0.3 is 5.73 Å². The van der Waals surface area contributed by atoms with Gasteiger partial charge in [-0.25, -0.2) is 0 Å². The maximum absolute atomic E-state index is 10.9. The lowest BCUT2D eigenvalue weighted by Gasteiger charge is -1.92. The molecule has 0 aliphatic carbocycles. The Hall–Kier alpha value is -1.92. The third-order valence-electron chi connectivity index (χ3n) is 1.18. The monoisotopic (exact) mass is 151 g/mol. The quantitative estimate of drug-likeness (QED) is 0.526. The summed E-state index contributed by atoms with van der Waals surface area (Å²) in [6.07, 6.45) is 0. The molecule has 0 atom stereocenters. The van der Waals surface area contributed by atoms with Crippen LogP contribution < -0.4 is 16.7 Å². The number of aromatic nitrogens is 2. The third-order valence-corrected chi connectivity index (χ3v) is 1.18. The number of hydrogen-bond donors (Lipinski definition) is 2. The summed E-state index contributed by atoms with van der Waals surface area (Å²) in [5.41, 5.74) is 8.38. The lowest BCUT2D eigenvalue weighted by molar-refractivity contribution is 0.899. The van der Waals surface area contributed by atoms with Crippen molar-refractivity contribution in [2.24, 2.45) is 10.3 Å². The Morgan fingerprint density at radius 2 is 2.27 bits per heavy atom. The number of H-pyrrole nitrogens is 1. The van der Waals surface area contributed by atoms with E-state index in [4.69, 9.17) is 5.73 Å². The maximum atomic E-state index is 10.9. The van der Waals surface area contributed by atoms with Crippen LogP contribution >= 0.6 is 0 Å². The summed E-state index contributed by atoms with van der Waals surface area (Å²) in [6, 6.07) is 0. The molecule has 0 amide bonds. The first kappa shape index (κ1) is 5.83. The van der Waals surface area contributed by atoms with Crippen molar-refractivity contribution in [2.45, 2.75) is 0 Å². The zero-order valence-electron chi connectivity index (χ0n) is 5.27. The summed E-state index contributed by atoms with van der Waals surface area (Å²) in [7, 11) is 0. The summed E-state index contributed by atoms with van der Waals surface area (Å²) >= 11 is 0. The second-order valence-corrected chi connectivity index (χ2v) is 1.91. The molecule has 0 bridgehead atoms. The van der Waals surface area contributed by atoms with E-state index in [1.807, 2.05) is 0 Å². The molecule has 0 aromatic carbocycles. The van der Waals surface area contributed by atoms with Gasteiger partial charge in [-0.1, -0.05) is 0 Å². The molecule has 2 rings (SSSR count). The van der Waals surface area contributed by atoms with Crippen LogP contribution in [-0.4, -0.2) is 9.97 Å². The van der Waals surface area contributed by atoms with E-state index in [1.54, 1.807) is 0 Å². The normalized spacial score (nSPS) is 12.7. The molecule has 0 spiro atoms. The second-order valence-electron chi connectivity index (χ2n) is 1.91. The minimum atomic E-state index is -0.419. The fourth-order valence-corrected chi connectivity index (χ4v) is 0.741. The third kappa shape index (κ3) is 0.741. The van der Waals surface area contributed by atoms with Gasteiger partial charge in [-0.3, -0.25) is 9.78 Å². The predicted molar refractivity (Wildman–Crippen MR) is 35.6 cm³/mol. The minimum Gasteiger partial charge on any atom is -0.369 e. The lowest BCUT2D eigenvalue weighted by Crippen LogP contribution is -2.10. The van der Waals surface area contributed by atoms with Crippen LogP contribution in [0.2, 0.25) is 0 Å². The second kappa shape index (κ2) is 1.78. The molecule has 1 aliphatic heterocycles. The molecule has 1 aliphatic rings. The fraction of sp³-hybridized carbons (Fsp3) is 0. The van der Waals surface area contributed by atoms with Crippen molar-refractivity contribution < 1.29 is 0 Å². The highest BCUT2D eigenvalue weighted by Gasteiger charge is 2.15. The number of nitrogens with two attached hydrogens (primary N) is 1. The van der Waals surface area contributed by atoms with Crippen LogP contribution in [0.4, 0.5) is 17.5 Å². The molecule has 55 valence electrons. The van der Waals surface area contributed by atoms with Crippen molar-refractivity contribution >= 4 is 17.5 Å². The number of nitrogen functional groups attached to an aromatic ring is 1. The first-order valence-corrected chi connectivity index (χ1v) is 2.79. The standard InChI is InChI=1S/C4H3N6O/c5-4-6-2-1(3(11)7-4)8-10-9-2/h(H3,5,6,7,11). The highest BCUT2D eigenvalue weighted by atomic mass is 16.1. The molecule has 1 aromatic rings. The number of nitrogens with one attached hydrogen (secondary N) is 1. The van der Waals surface area contributed by atoms with E-state index in [-0.39, 0.29) is 17.5 Å². The first-order valence-electron chi connectivity index (χ1n) is 2.79. The number of rotatable bonds is 0. The Kier molecular flexibility index (Phi) is 0.945. The van der Waals surface area contributed by atoms with Crippen LogP contribution in [-0.2, 0) is 0 Å². The Balaban J connectivity index is 2.77. The van der Waals surface area contributed by atoms with Gasteiger partial charge in [0.05, 0.1) is 0 Å². The van der Waals surface area contributed by atoms with Gasteiger partial charge in [0.2, 0.25) is 11.8 Å². The van der Waals surface area contributed by atoms with E-state index in [0.29, 0.717) is 0 Å². The van der Waals surface area contributed by atoms with Crippen LogP contribution in [0.5, 0.6) is 0 Å². The molecule has 0 unspecified atom stereocenters. The van der Waals surface area contributed by atoms with Crippen LogP contribution in [0, 0.1) is 0 Å². The van der Waals surface area contributed by atoms with E-state index in [1.165, 1.54) is 0 Å². The highest BCUT2D eigenvalue weighted by molar-refractivity contribution is 5.56. The van der Waals surface area contributed by atoms with E-state index >= 15 is 0 Å². The van der Waals surface area contributed by atoms with E-state index in [9.17, 15) is 4.79 Å². The summed E-state index contributed by atoms with van der Waals surface area (Å²) in [5.74, 6) is 0.191. The molecular weight excluding hydrogens is 148 g/mol. The largest absolute Gasteiger partial charge is 0.369 e. The Labute approximate surface area is 60.3 Å². The number of fused-ring (bicyclic) bond motifs is 1. The smallest absolute Gasteiger partial charge is 0.282 e. The van der Waals surface area contributed by atoms with Gasteiger partial charge in [0.1, 0.15) is 0 Å². The van der Waals surface area contributed by atoms with Crippen molar-refractivity contribution in [1.29, 1.82) is 0 Å². The average Bonchev–Trinajstić information content (AvgIpc) is 2.34. The SMILES string of the molecule is Nc1nc2c(c(=O)[nH]1)N=N[N]2. The van der Waals surface area contributed by atoms with Crippen LogP contribution in [0.25, 0.3) is 0 Å². The molecule has 1 radical (unpaired) electrons. The van der Waals surface area contributed by atoms with Crippen molar-refractivity contribution in [3.63, 3.8) is 0 Å². The van der Waals surface area contributed by atoms with E-state index < -0.39 is 5.56 Å². The molecular formula is C4H3N6O. The molecule has 1 aromatic heterocycles. The van der Waals surface area contributed by atoms with Gasteiger partial charge in [0.25, 0.3) is 5.56 Å². The summed E-state index contributed by atoms with van der Waals surface area (Å²) in [6.45, 7) is 0. The van der Waals surface area contributed by atoms with Crippen LogP contribution in [0.3, 0.4) is 0 Å². The number of aromatic amines is 1. The summed E-state index contributed by atoms with van der Waals surface area (Å²) in [4.78, 5) is 16.9. The van der Waals surface area contributed by atoms with Gasteiger partial charge in [0.15, 0.2) is 5.69 Å². The number of hydrogen-bond acceptors (Lipinski definition) is 5. The van der Waals surface area contributed by atoms with Crippen LogP contribution in [0.15, 0.2) is 15.1 Å². The predicted octanol–water partition coefficient (Wildman–Crippen LogP) is -0.400. The lowest BCUT2D eigenvalue weighted by atomic mass is 10.5. The van der Waals surface area contributed by atoms with Crippen molar-refractivity contribution in [3.05, 3.63) is 10.4 Å². The molecule has 11 heavy (non-hydrogen) atoms. The van der Waals surface area contributed by atoms with Gasteiger partial charge in [-0.05, 0) is 5.22 Å². The number of anilines is 1. The zero-order chi connectivity index (χ0) is 7.84. The molecule has 7 nitrogen and oxygen atoms in total. The molecule has 0 saturated heterocycles. The molecule has 0 saturated carbocycles. The number of nitrogens with zero attached hydrogens (tertiary/aromatic N) is 4. The van der Waals surface area contributed by atoms with Crippen LogP contribution in [0.1, 0.15) is 0 Å². The maximum Gasteiger partial charge on any atom is 0.282 e. The molecule has 0 fully saturated rings. The van der Waals surface area contributed by atoms with Gasteiger partial charge >= 0.3 is 0 Å². The van der Waals surface area contributed by atoms with E-state index in [0.717, 1.165) is 0 Å². The van der Waals surface area contributed by atoms with Crippen molar-refractivity contribution in [1.82, 2.24) is 15.4 Å². The van der Waals surface area contributed by atoms with Crippen molar-refractivity contribution in [3.8, 4) is 0 Å². The zero-order valence-corrected chi connectivity index (χ0v) is 5.27. The Morgan fingerprint density at radius 1 is 1.45 bits per heavy atom. The van der Waals surface area contributed by atoms with Crippen molar-refractivity contribution in [2.75, 3.05) is 5.73 Å².